The number of hydrogen-bond donors (Lipinski definition) is 2. The van der Waals surface area contributed by atoms with E-state index in [1.54, 1.807) is 26.1 Å². The van der Waals surface area contributed by atoms with Crippen molar-refractivity contribution in [1.29, 1.82) is 0 Å². The molecule has 0 bridgehead atoms. The Kier molecular flexibility index (Phi) is 7.43. The molecule has 7 heteroatoms. The average molecular weight is 408 g/mol. The van der Waals surface area contributed by atoms with Gasteiger partial charge in [-0.1, -0.05) is 24.3 Å². The number of aliphatic imine (C=N–C) groups is 1. The van der Waals surface area contributed by atoms with Crippen LogP contribution >= 0.6 is 0 Å². The van der Waals surface area contributed by atoms with Gasteiger partial charge in [0.2, 0.25) is 0 Å². The topological polar surface area (TPSA) is 80.5 Å². The van der Waals surface area contributed by atoms with Crippen molar-refractivity contribution in [2.24, 2.45) is 4.99 Å². The third-order valence-electron chi connectivity index (χ3n) is 4.84. The Bertz CT molecular complexity index is 1010. The van der Waals surface area contributed by atoms with Crippen LogP contribution in [0.3, 0.4) is 0 Å². The fraction of sp³-hybridized carbons (Fsp3) is 0.348. The molecule has 0 radical (unpaired) electrons. The van der Waals surface area contributed by atoms with Crippen LogP contribution in [0.5, 0.6) is 0 Å². The molecule has 0 unspecified atom stereocenters. The summed E-state index contributed by atoms with van der Waals surface area (Å²) >= 11 is 0. The minimum atomic E-state index is -0.296. The molecular weight excluding hydrogens is 378 g/mol. The van der Waals surface area contributed by atoms with E-state index in [4.69, 9.17) is 4.74 Å². The summed E-state index contributed by atoms with van der Waals surface area (Å²) in [6, 6.07) is 15.6. The maximum atomic E-state index is 11.7. The number of esters is 1. The Morgan fingerprint density at radius 1 is 1.13 bits per heavy atom. The lowest BCUT2D eigenvalue weighted by atomic mass is 10.1. The lowest BCUT2D eigenvalue weighted by Crippen LogP contribution is -2.37. The Morgan fingerprint density at radius 3 is 2.63 bits per heavy atom. The van der Waals surface area contributed by atoms with E-state index in [1.807, 2.05) is 37.3 Å². The quantitative estimate of drug-likeness (QED) is 0.259. The van der Waals surface area contributed by atoms with Crippen LogP contribution in [-0.2, 0) is 17.8 Å². The lowest BCUT2D eigenvalue weighted by molar-refractivity contribution is 0.0526. The number of aryl methyl sites for hydroxylation is 2. The summed E-state index contributed by atoms with van der Waals surface area (Å²) < 4.78 is 7.26. The van der Waals surface area contributed by atoms with Crippen LogP contribution in [-0.4, -0.2) is 41.7 Å². The van der Waals surface area contributed by atoms with Gasteiger partial charge in [0.15, 0.2) is 5.96 Å². The van der Waals surface area contributed by atoms with E-state index >= 15 is 0 Å². The van der Waals surface area contributed by atoms with Crippen molar-refractivity contribution in [1.82, 2.24) is 20.2 Å². The number of benzene rings is 2. The highest BCUT2D eigenvalue weighted by Crippen LogP contribution is 2.15. The third-order valence-corrected chi connectivity index (χ3v) is 4.84. The molecule has 2 aromatic carbocycles. The van der Waals surface area contributed by atoms with E-state index in [-0.39, 0.29) is 5.97 Å². The molecule has 0 saturated carbocycles. The minimum Gasteiger partial charge on any atom is -0.462 e. The molecular formula is C23H29N5O2. The number of carbonyl (C=O) groups excluding carboxylic acids is 1. The van der Waals surface area contributed by atoms with Gasteiger partial charge in [-0.05, 0) is 50.1 Å². The molecule has 0 aliphatic carbocycles. The summed E-state index contributed by atoms with van der Waals surface area (Å²) in [5.41, 5.74) is 3.83. The number of guanidine groups is 1. The van der Waals surface area contributed by atoms with Crippen LogP contribution in [0.4, 0.5) is 0 Å². The second-order valence-corrected chi connectivity index (χ2v) is 6.92. The van der Waals surface area contributed by atoms with Crippen LogP contribution < -0.4 is 10.6 Å². The summed E-state index contributed by atoms with van der Waals surface area (Å²) in [7, 11) is 1.76. The van der Waals surface area contributed by atoms with E-state index in [0.717, 1.165) is 42.4 Å². The molecule has 0 aliphatic rings. The molecule has 0 atom stereocenters. The zero-order valence-electron chi connectivity index (χ0n) is 17.8. The van der Waals surface area contributed by atoms with E-state index < -0.39 is 0 Å². The summed E-state index contributed by atoms with van der Waals surface area (Å²) in [4.78, 5) is 20.6. The Hall–Kier alpha value is -3.35. The van der Waals surface area contributed by atoms with E-state index in [0.29, 0.717) is 18.7 Å². The van der Waals surface area contributed by atoms with Gasteiger partial charge in [-0.15, -0.1) is 0 Å². The van der Waals surface area contributed by atoms with Gasteiger partial charge in [0.1, 0.15) is 5.82 Å². The first kappa shape index (κ1) is 21.4. The SMILES string of the molecule is CCOC(=O)c1ccc(CNC(=NC)NCCCn2c(C)nc3ccccc32)cc1. The monoisotopic (exact) mass is 407 g/mol. The standard InChI is InChI=1S/C23H29N5O2/c1-4-30-22(29)19-12-10-18(11-13-19)16-26-23(24-3)25-14-7-15-28-17(2)27-20-8-5-6-9-21(20)28/h5-6,8-13H,4,7,14-16H2,1-3H3,(H2,24,25,26). The fourth-order valence-corrected chi connectivity index (χ4v) is 3.30. The fourth-order valence-electron chi connectivity index (χ4n) is 3.30. The summed E-state index contributed by atoms with van der Waals surface area (Å²) in [6.45, 7) is 6.53. The first-order valence-electron chi connectivity index (χ1n) is 10.2. The summed E-state index contributed by atoms with van der Waals surface area (Å²) in [5.74, 6) is 1.48. The van der Waals surface area contributed by atoms with Gasteiger partial charge in [-0.25, -0.2) is 9.78 Å². The van der Waals surface area contributed by atoms with E-state index in [1.165, 1.54) is 5.52 Å². The average Bonchev–Trinajstić information content (AvgIpc) is 3.09. The molecule has 158 valence electrons. The number of para-hydroxylation sites is 2. The smallest absolute Gasteiger partial charge is 0.338 e. The number of nitrogens with zero attached hydrogens (tertiary/aromatic N) is 3. The van der Waals surface area contributed by atoms with Crippen LogP contribution in [0.1, 0.15) is 35.1 Å². The Morgan fingerprint density at radius 2 is 1.90 bits per heavy atom. The van der Waals surface area contributed by atoms with Gasteiger partial charge in [0, 0.05) is 26.7 Å². The number of nitrogens with one attached hydrogen (secondary N) is 2. The molecule has 0 aliphatic heterocycles. The molecule has 0 saturated heterocycles. The summed E-state index contributed by atoms with van der Waals surface area (Å²) in [5, 5.41) is 6.64. The normalized spacial score (nSPS) is 11.5. The van der Waals surface area contributed by atoms with Crippen molar-refractivity contribution >= 4 is 23.0 Å². The second kappa shape index (κ2) is 10.4. The minimum absolute atomic E-state index is 0.296. The highest BCUT2D eigenvalue weighted by molar-refractivity contribution is 5.89. The highest BCUT2D eigenvalue weighted by atomic mass is 16.5. The number of rotatable bonds is 8. The second-order valence-electron chi connectivity index (χ2n) is 6.92. The van der Waals surface area contributed by atoms with E-state index in [9.17, 15) is 4.79 Å². The van der Waals surface area contributed by atoms with Crippen molar-refractivity contribution in [2.75, 3.05) is 20.2 Å². The van der Waals surface area contributed by atoms with Gasteiger partial charge in [-0.2, -0.15) is 0 Å². The van der Waals surface area contributed by atoms with Crippen molar-refractivity contribution in [3.63, 3.8) is 0 Å². The molecule has 30 heavy (non-hydrogen) atoms. The molecule has 7 nitrogen and oxygen atoms in total. The molecule has 2 N–H and O–H groups in total. The number of imidazole rings is 1. The van der Waals surface area contributed by atoms with Crippen LogP contribution in [0.2, 0.25) is 0 Å². The number of ether oxygens (including phenoxy) is 1. The number of carbonyl (C=O) groups is 1. The largest absolute Gasteiger partial charge is 0.462 e. The first-order valence-corrected chi connectivity index (χ1v) is 10.2. The lowest BCUT2D eigenvalue weighted by Gasteiger charge is -2.13. The van der Waals surface area contributed by atoms with Gasteiger partial charge in [0.25, 0.3) is 0 Å². The Balaban J connectivity index is 1.45. The van der Waals surface area contributed by atoms with Gasteiger partial charge in [0.05, 0.1) is 23.2 Å². The number of fused-ring (bicyclic) bond motifs is 1. The number of hydrogen-bond acceptors (Lipinski definition) is 4. The van der Waals surface area contributed by atoms with Crippen molar-refractivity contribution in [3.8, 4) is 0 Å². The van der Waals surface area contributed by atoms with Crippen LogP contribution in [0.15, 0.2) is 53.5 Å². The predicted molar refractivity (Wildman–Crippen MR) is 120 cm³/mol. The Labute approximate surface area is 177 Å². The van der Waals surface area contributed by atoms with Gasteiger partial charge in [-0.3, -0.25) is 4.99 Å². The molecule has 3 rings (SSSR count). The zero-order valence-corrected chi connectivity index (χ0v) is 17.8. The maximum absolute atomic E-state index is 11.7. The summed E-state index contributed by atoms with van der Waals surface area (Å²) in [6.07, 6.45) is 0.954. The first-order chi connectivity index (χ1) is 14.6. The van der Waals surface area contributed by atoms with Crippen LogP contribution in [0.25, 0.3) is 11.0 Å². The van der Waals surface area contributed by atoms with Gasteiger partial charge < -0.3 is 19.9 Å². The van der Waals surface area contributed by atoms with Crippen molar-refractivity contribution in [3.05, 3.63) is 65.5 Å². The van der Waals surface area contributed by atoms with Crippen molar-refractivity contribution < 1.29 is 9.53 Å². The predicted octanol–water partition coefficient (Wildman–Crippen LogP) is 3.28. The molecule has 1 heterocycles. The van der Waals surface area contributed by atoms with Gasteiger partial charge >= 0.3 is 5.97 Å². The van der Waals surface area contributed by atoms with E-state index in [2.05, 4.69) is 31.2 Å². The molecule has 0 fully saturated rings. The maximum Gasteiger partial charge on any atom is 0.338 e. The molecule has 0 amide bonds. The highest BCUT2D eigenvalue weighted by Gasteiger charge is 2.07. The van der Waals surface area contributed by atoms with Crippen molar-refractivity contribution in [2.45, 2.75) is 33.4 Å². The molecule has 1 aromatic heterocycles. The van der Waals surface area contributed by atoms with Crippen LogP contribution in [0, 0.1) is 6.92 Å². The molecule has 0 spiro atoms. The number of aromatic nitrogens is 2. The molecule has 3 aromatic rings. The third kappa shape index (κ3) is 5.37. The zero-order chi connectivity index (χ0) is 21.3.